The van der Waals surface area contributed by atoms with E-state index in [1.807, 2.05) is 12.1 Å². The van der Waals surface area contributed by atoms with Crippen LogP contribution in [0, 0.1) is 0 Å². The van der Waals surface area contributed by atoms with Gasteiger partial charge in [-0.3, -0.25) is 0 Å². The van der Waals surface area contributed by atoms with Crippen LogP contribution >= 0.6 is 34.5 Å². The maximum absolute atomic E-state index is 12.8. The highest BCUT2D eigenvalue weighted by molar-refractivity contribution is 7.17. The van der Waals surface area contributed by atoms with Gasteiger partial charge in [-0.1, -0.05) is 46.6 Å². The maximum Gasteiger partial charge on any atom is 0.416 e. The molecule has 1 heterocycles. The van der Waals surface area contributed by atoms with E-state index < -0.39 is 23.3 Å². The van der Waals surface area contributed by atoms with Crippen LogP contribution in [0.5, 0.6) is 5.75 Å². The van der Waals surface area contributed by atoms with E-state index in [4.69, 9.17) is 32.8 Å². The Labute approximate surface area is 220 Å². The molecule has 0 unspecified atom stereocenters. The molecule has 0 atom stereocenters. The lowest BCUT2D eigenvalue weighted by molar-refractivity contribution is -0.152. The minimum atomic E-state index is -4.39. The molecule has 0 spiro atoms. The zero-order valence-corrected chi connectivity index (χ0v) is 21.8. The maximum atomic E-state index is 12.8. The molecule has 5 nitrogen and oxygen atoms in total. The molecule has 0 aliphatic rings. The number of carboxylic acid groups (broad SMARTS) is 1. The predicted octanol–water partition coefficient (Wildman–Crippen LogP) is 7.97. The second-order valence-corrected chi connectivity index (χ2v) is 10.1. The molecule has 0 saturated carbocycles. The number of rotatable bonds is 9. The number of aryl methyl sites for hydroxylation is 1. The molecule has 0 saturated heterocycles. The highest BCUT2D eigenvalue weighted by atomic mass is 35.5. The number of carbonyl (C=O) groups is 1. The van der Waals surface area contributed by atoms with Gasteiger partial charge in [0.2, 0.25) is 0 Å². The molecule has 0 aliphatic heterocycles. The van der Waals surface area contributed by atoms with Crippen molar-refractivity contribution in [3.8, 4) is 16.2 Å². The van der Waals surface area contributed by atoms with Gasteiger partial charge >= 0.3 is 12.1 Å². The van der Waals surface area contributed by atoms with Crippen molar-refractivity contribution in [1.82, 2.24) is 0 Å². The molecule has 3 rings (SSSR count). The summed E-state index contributed by atoms with van der Waals surface area (Å²) in [5.74, 6) is -0.992. The van der Waals surface area contributed by atoms with Crippen LogP contribution in [-0.2, 0) is 22.2 Å². The second-order valence-electron chi connectivity index (χ2n) is 8.23. The van der Waals surface area contributed by atoms with Crippen molar-refractivity contribution in [3.05, 3.63) is 74.6 Å². The van der Waals surface area contributed by atoms with Crippen LogP contribution in [-0.4, -0.2) is 29.5 Å². The van der Waals surface area contributed by atoms with Gasteiger partial charge < -0.3 is 14.7 Å². The highest BCUT2D eigenvalue weighted by Crippen LogP contribution is 2.38. The monoisotopic (exact) mass is 559 g/mol. The Morgan fingerprint density at radius 1 is 1.03 bits per heavy atom. The number of benzene rings is 2. The number of hydrogen-bond acceptors (Lipinski definition) is 5. The van der Waals surface area contributed by atoms with Crippen LogP contribution in [0.25, 0.3) is 10.4 Å². The number of carboxylic acids is 1. The van der Waals surface area contributed by atoms with Gasteiger partial charge in [0.1, 0.15) is 17.9 Å². The van der Waals surface area contributed by atoms with Crippen LogP contribution in [0.3, 0.4) is 0 Å². The summed E-state index contributed by atoms with van der Waals surface area (Å²) in [6, 6.07) is 11.9. The summed E-state index contributed by atoms with van der Waals surface area (Å²) in [5.41, 5.74) is -0.212. The fourth-order valence-corrected chi connectivity index (χ4v) is 4.70. The Balaban J connectivity index is 1.77. The molecule has 2 aromatic carbocycles. The van der Waals surface area contributed by atoms with Crippen molar-refractivity contribution in [1.29, 1.82) is 0 Å². The number of oxime groups is 1. The second kappa shape index (κ2) is 11.1. The van der Waals surface area contributed by atoms with Crippen LogP contribution in [0.1, 0.15) is 36.3 Å². The number of halogens is 5. The minimum absolute atomic E-state index is 0.106. The van der Waals surface area contributed by atoms with Crippen molar-refractivity contribution in [2.24, 2.45) is 5.16 Å². The zero-order valence-electron chi connectivity index (χ0n) is 19.5. The van der Waals surface area contributed by atoms with Gasteiger partial charge in [-0.15, -0.1) is 11.3 Å². The van der Waals surface area contributed by atoms with Gasteiger partial charge in [0.25, 0.3) is 0 Å². The highest BCUT2D eigenvalue weighted by Gasteiger charge is 2.31. The summed E-state index contributed by atoms with van der Waals surface area (Å²) in [6.45, 7) is 2.81. The van der Waals surface area contributed by atoms with Gasteiger partial charge in [-0.2, -0.15) is 13.2 Å². The number of alkyl halides is 3. The van der Waals surface area contributed by atoms with E-state index in [0.717, 1.165) is 21.9 Å². The van der Waals surface area contributed by atoms with Crippen molar-refractivity contribution >= 4 is 46.2 Å². The smallest absolute Gasteiger partial charge is 0.416 e. The molecule has 0 radical (unpaired) electrons. The van der Waals surface area contributed by atoms with Crippen molar-refractivity contribution in [2.45, 2.75) is 38.5 Å². The average Bonchev–Trinajstić information content (AvgIpc) is 3.30. The third-order valence-electron chi connectivity index (χ3n) is 5.23. The van der Waals surface area contributed by atoms with E-state index in [2.05, 4.69) is 5.16 Å². The lowest BCUT2D eigenvalue weighted by Gasteiger charge is -2.23. The molecule has 36 heavy (non-hydrogen) atoms. The normalized spacial score (nSPS) is 12.5. The Bertz CT molecular complexity index is 1270. The topological polar surface area (TPSA) is 68.1 Å². The molecule has 3 aromatic rings. The number of nitrogens with zero attached hydrogens (tertiary/aromatic N) is 1. The molecule has 1 N–H and O–H groups in total. The Kier molecular flexibility index (Phi) is 8.59. The minimum Gasteiger partial charge on any atom is -0.478 e. The first-order chi connectivity index (χ1) is 16.8. The fourth-order valence-electron chi connectivity index (χ4n) is 3.21. The molecular weight excluding hydrogens is 538 g/mol. The summed E-state index contributed by atoms with van der Waals surface area (Å²) < 4.78 is 44.1. The third-order valence-corrected chi connectivity index (χ3v) is 7.31. The predicted molar refractivity (Wildman–Crippen MR) is 135 cm³/mol. The van der Waals surface area contributed by atoms with Crippen LogP contribution in [0.4, 0.5) is 13.2 Å². The number of thiophene rings is 1. The largest absolute Gasteiger partial charge is 0.478 e. The zero-order chi connectivity index (χ0) is 26.7. The third kappa shape index (κ3) is 6.52. The lowest BCUT2D eigenvalue weighted by atomic mass is 10.1. The van der Waals surface area contributed by atoms with E-state index in [-0.39, 0.29) is 15.8 Å². The quantitative estimate of drug-likeness (QED) is 0.213. The van der Waals surface area contributed by atoms with Crippen molar-refractivity contribution < 1.29 is 32.6 Å². The Morgan fingerprint density at radius 3 is 2.28 bits per heavy atom. The number of hydrogen-bond donors (Lipinski definition) is 1. The molecular formula is C25H22Cl2F3NO4S. The number of aliphatic carboxylic acids is 1. The van der Waals surface area contributed by atoms with E-state index in [1.54, 1.807) is 12.1 Å². The molecule has 11 heteroatoms. The molecule has 0 amide bonds. The van der Waals surface area contributed by atoms with E-state index in [0.29, 0.717) is 29.7 Å². The van der Waals surface area contributed by atoms with Gasteiger partial charge in [0.15, 0.2) is 5.60 Å². The number of ether oxygens (including phenoxy) is 1. The standard InChI is InChI=1S/C25H22Cl2F3NO4S/c1-24(2,23(32)33)35-18-11-7-15(21(26)22(18)27)6-10-17(31-34-3)20-13-12-19(36-20)14-4-8-16(9-5-14)25(28,29)30/h4-5,7-9,11-13H,6,10H2,1-3H3,(H,32,33)/b31-17-. The lowest BCUT2D eigenvalue weighted by Crippen LogP contribution is -2.38. The van der Waals surface area contributed by atoms with Crippen molar-refractivity contribution in [3.63, 3.8) is 0 Å². The van der Waals surface area contributed by atoms with Crippen molar-refractivity contribution in [2.75, 3.05) is 7.11 Å². The first-order valence-corrected chi connectivity index (χ1v) is 12.2. The fraction of sp³-hybridized carbons (Fsp3) is 0.280. The first-order valence-electron chi connectivity index (χ1n) is 10.6. The molecule has 0 fully saturated rings. The summed E-state index contributed by atoms with van der Waals surface area (Å²) >= 11 is 14.1. The molecule has 0 bridgehead atoms. The van der Waals surface area contributed by atoms with Crippen LogP contribution in [0.2, 0.25) is 10.0 Å². The average molecular weight is 560 g/mol. The first kappa shape index (κ1) is 27.8. The Hall–Kier alpha value is -2.75. The van der Waals surface area contributed by atoms with E-state index >= 15 is 0 Å². The van der Waals surface area contributed by atoms with Gasteiger partial charge in [0, 0.05) is 4.88 Å². The summed E-state index contributed by atoms with van der Waals surface area (Å²) in [7, 11) is 1.42. The van der Waals surface area contributed by atoms with E-state index in [1.165, 1.54) is 44.4 Å². The summed E-state index contributed by atoms with van der Waals surface area (Å²) in [4.78, 5) is 17.9. The summed E-state index contributed by atoms with van der Waals surface area (Å²) in [5, 5.41) is 13.7. The summed E-state index contributed by atoms with van der Waals surface area (Å²) in [6.07, 6.45) is -3.52. The SMILES string of the molecule is CO/N=C(/CCc1ccc(OC(C)(C)C(=O)O)c(Cl)c1Cl)c1ccc(-c2ccc(C(F)(F)F)cc2)s1. The van der Waals surface area contributed by atoms with Crippen LogP contribution < -0.4 is 4.74 Å². The van der Waals surface area contributed by atoms with Crippen LogP contribution in [0.15, 0.2) is 53.7 Å². The van der Waals surface area contributed by atoms with Gasteiger partial charge in [0.05, 0.1) is 21.2 Å². The molecule has 1 aromatic heterocycles. The molecule has 192 valence electrons. The molecule has 0 aliphatic carbocycles. The van der Waals surface area contributed by atoms with E-state index in [9.17, 15) is 23.1 Å². The van der Waals surface area contributed by atoms with Gasteiger partial charge in [-0.05, 0) is 68.1 Å². The Morgan fingerprint density at radius 2 is 1.69 bits per heavy atom. The van der Waals surface area contributed by atoms with Gasteiger partial charge in [-0.25, -0.2) is 4.79 Å².